The Labute approximate surface area is 150 Å². The predicted octanol–water partition coefficient (Wildman–Crippen LogP) is -1.10. The van der Waals surface area contributed by atoms with Crippen LogP contribution in [0.5, 0.6) is 0 Å². The number of aromatic nitrogens is 3. The number of H-pyrrole nitrogens is 1. The first-order valence-electron chi connectivity index (χ1n) is 6.77. The van der Waals surface area contributed by atoms with Crippen LogP contribution in [-0.4, -0.2) is 26.9 Å². The molecule has 0 aliphatic carbocycles. The number of nitrogens with one attached hydrogen (secondary N) is 3. The summed E-state index contributed by atoms with van der Waals surface area (Å²) in [7, 11) is 0. The molecule has 24 heavy (non-hydrogen) atoms. The van der Waals surface area contributed by atoms with E-state index >= 15 is 0 Å². The van der Waals surface area contributed by atoms with Gasteiger partial charge in [-0.2, -0.15) is 0 Å². The number of nitriles is 1. The number of aliphatic hydroxyl groups excluding tert-OH is 1. The molecule has 0 spiro atoms. The molecule has 0 aliphatic rings. The fourth-order valence-electron chi connectivity index (χ4n) is 1.64. The summed E-state index contributed by atoms with van der Waals surface area (Å²) in [4.78, 5) is 4.01. The van der Waals surface area contributed by atoms with E-state index in [0.717, 1.165) is 9.27 Å². The molecule has 2 rings (SSSR count). The summed E-state index contributed by atoms with van der Waals surface area (Å²) in [6.07, 6.45) is 13.6. The van der Waals surface area contributed by atoms with Crippen molar-refractivity contribution in [1.29, 1.82) is 5.26 Å². The molecule has 0 radical (unpaired) electrons. The Morgan fingerprint density at radius 3 is 3.08 bits per heavy atom. The van der Waals surface area contributed by atoms with Crippen molar-refractivity contribution < 1.29 is 26.6 Å². The molecule has 0 bridgehead atoms. The molecule has 0 saturated carbocycles. The molecular formula is C16H14IN6O-. The first-order chi connectivity index (χ1) is 11.8. The van der Waals surface area contributed by atoms with Gasteiger partial charge in [0, 0.05) is 0 Å². The summed E-state index contributed by atoms with van der Waals surface area (Å²) in [6, 6.07) is 5.75. The molecular weight excluding hydrogens is 419 g/mol. The molecule has 8 heteroatoms. The van der Waals surface area contributed by atoms with E-state index < -0.39 is 21.5 Å². The Morgan fingerprint density at radius 2 is 2.42 bits per heavy atom. The summed E-state index contributed by atoms with van der Waals surface area (Å²) in [5, 5.41) is 28.2. The van der Waals surface area contributed by atoms with Gasteiger partial charge in [0.1, 0.15) is 0 Å². The van der Waals surface area contributed by atoms with E-state index in [0.29, 0.717) is 17.2 Å². The van der Waals surface area contributed by atoms with Gasteiger partial charge in [0.15, 0.2) is 0 Å². The van der Waals surface area contributed by atoms with E-state index in [4.69, 9.17) is 11.5 Å². The number of aromatic amines is 1. The summed E-state index contributed by atoms with van der Waals surface area (Å²) < 4.78 is 4.04. The molecule has 0 atom stereocenters. The Hall–Kier alpha value is -2.82. The molecule has 0 amide bonds. The maximum atomic E-state index is 9.39. The third-order valence-electron chi connectivity index (χ3n) is 2.66. The number of halogens is 1. The van der Waals surface area contributed by atoms with Crippen LogP contribution in [-0.2, 0) is 0 Å². The molecule has 2 heterocycles. The van der Waals surface area contributed by atoms with Gasteiger partial charge in [0.25, 0.3) is 0 Å². The van der Waals surface area contributed by atoms with E-state index in [1.165, 1.54) is 0 Å². The van der Waals surface area contributed by atoms with Crippen LogP contribution >= 0.6 is 0 Å². The number of hydrogen-bond donors (Lipinski definition) is 4. The van der Waals surface area contributed by atoms with Crippen LogP contribution in [0.25, 0.3) is 0 Å². The van der Waals surface area contributed by atoms with E-state index in [1.54, 1.807) is 36.7 Å². The Morgan fingerprint density at radius 1 is 1.54 bits per heavy atom. The van der Waals surface area contributed by atoms with E-state index in [2.05, 4.69) is 36.0 Å². The van der Waals surface area contributed by atoms with E-state index in [-0.39, 0.29) is 6.61 Å². The number of pyridine rings is 1. The maximum absolute atomic E-state index is 9.39. The van der Waals surface area contributed by atoms with Gasteiger partial charge in [0.05, 0.1) is 0 Å². The first kappa shape index (κ1) is 17.5. The van der Waals surface area contributed by atoms with Gasteiger partial charge in [-0.05, 0) is 0 Å². The van der Waals surface area contributed by atoms with Gasteiger partial charge < -0.3 is 0 Å². The van der Waals surface area contributed by atoms with Gasteiger partial charge in [-0.25, -0.2) is 0 Å². The fourth-order valence-corrected chi connectivity index (χ4v) is 3.37. The van der Waals surface area contributed by atoms with E-state index in [9.17, 15) is 5.26 Å². The van der Waals surface area contributed by atoms with Crippen molar-refractivity contribution in [1.82, 2.24) is 15.2 Å². The number of terminal acetylenes is 1. The second-order valence-electron chi connectivity index (χ2n) is 4.27. The summed E-state index contributed by atoms with van der Waals surface area (Å²) in [5.74, 6) is 3.41. The van der Waals surface area contributed by atoms with Crippen LogP contribution in [0.1, 0.15) is 5.56 Å². The van der Waals surface area contributed by atoms with Crippen molar-refractivity contribution in [3.63, 3.8) is 0 Å². The van der Waals surface area contributed by atoms with Crippen LogP contribution in [0, 0.1) is 23.7 Å². The minimum absolute atomic E-state index is 0.0588. The summed E-state index contributed by atoms with van der Waals surface area (Å²) in [5.41, 5.74) is 1.13. The number of anilines is 3. The first-order valence-corrected chi connectivity index (χ1v) is 8.93. The van der Waals surface area contributed by atoms with E-state index in [1.807, 2.05) is 6.07 Å². The number of allylic oxidation sites excluding steroid dienone is 3. The predicted molar refractivity (Wildman–Crippen MR) is 87.6 cm³/mol. The van der Waals surface area contributed by atoms with Crippen LogP contribution in [0.2, 0.25) is 0 Å². The number of nitrogens with zero attached hydrogens (tertiary/aromatic N) is 3. The quantitative estimate of drug-likeness (QED) is 0.191. The van der Waals surface area contributed by atoms with Crippen LogP contribution in [0.3, 0.4) is 0 Å². The van der Waals surface area contributed by atoms with Gasteiger partial charge in [-0.1, -0.05) is 0 Å². The monoisotopic (exact) mass is 433 g/mol. The third-order valence-corrected chi connectivity index (χ3v) is 4.73. The minimum atomic E-state index is -0.712. The number of rotatable bonds is 7. The second kappa shape index (κ2) is 9.35. The molecule has 7 nitrogen and oxygen atoms in total. The molecule has 0 saturated heterocycles. The molecule has 4 N–H and O–H groups in total. The van der Waals surface area contributed by atoms with Crippen molar-refractivity contribution in [2.24, 2.45) is 0 Å². The van der Waals surface area contributed by atoms with Crippen molar-refractivity contribution in [3.8, 4) is 18.4 Å². The zero-order valence-electron chi connectivity index (χ0n) is 12.5. The molecule has 0 aliphatic heterocycles. The van der Waals surface area contributed by atoms with Crippen molar-refractivity contribution >= 4 is 17.3 Å². The summed E-state index contributed by atoms with van der Waals surface area (Å²) in [6.45, 7) is -0.0588. The van der Waals surface area contributed by atoms with Crippen molar-refractivity contribution in [3.05, 3.63) is 51.9 Å². The van der Waals surface area contributed by atoms with Crippen molar-refractivity contribution in [2.45, 2.75) is 0 Å². The third kappa shape index (κ3) is 4.84. The molecule has 0 aromatic carbocycles. The molecule has 2 aromatic rings. The number of hydrogen-bond acceptors (Lipinski definition) is 6. The fraction of sp³-hybridized carbons (Fsp3) is 0.0625. The van der Waals surface area contributed by atoms with Gasteiger partial charge in [0.2, 0.25) is 0 Å². The van der Waals surface area contributed by atoms with Gasteiger partial charge >= 0.3 is 150 Å². The molecule has 2 aromatic heterocycles. The topological polar surface area (TPSA) is 110 Å². The number of aliphatic hydroxyl groups is 1. The Balaban J connectivity index is 2.12. The normalized spacial score (nSPS) is 11.2. The van der Waals surface area contributed by atoms with Gasteiger partial charge in [-0.15, -0.1) is 0 Å². The van der Waals surface area contributed by atoms with Crippen LogP contribution in [0.4, 0.5) is 17.3 Å². The van der Waals surface area contributed by atoms with Gasteiger partial charge in [-0.3, -0.25) is 0 Å². The Bertz CT molecular complexity index is 813. The Kier molecular flexibility index (Phi) is 6.83. The molecule has 122 valence electrons. The second-order valence-corrected chi connectivity index (χ2v) is 6.59. The average Bonchev–Trinajstić information content (AvgIpc) is 2.99. The standard InChI is InChI=1S/C16H14IN6O/c1-2-5-12(6-4-9-24)17-21-16-14(10-18)15(22-23-16)20-13-7-3-8-19-11-13/h1,3-8,11,24H,9H2,(H3,20,21,22,23)/q-1/b6-4-,12-5+. The molecule has 0 fully saturated rings. The summed E-state index contributed by atoms with van der Waals surface area (Å²) >= 11 is -0.712. The molecule has 0 unspecified atom stereocenters. The zero-order valence-corrected chi connectivity index (χ0v) is 14.7. The van der Waals surface area contributed by atoms with Crippen LogP contribution < -0.4 is 30.3 Å². The average molecular weight is 433 g/mol. The SMILES string of the molecule is C#C/C=C(\C=C/CO)[I-]Nc1n[nH]c(Nc2cccnc2)c1C#N. The zero-order chi connectivity index (χ0) is 17.2. The van der Waals surface area contributed by atoms with Crippen LogP contribution in [0.15, 0.2) is 46.3 Å². The van der Waals surface area contributed by atoms with Crippen molar-refractivity contribution in [2.75, 3.05) is 15.5 Å².